The molecule has 0 radical (unpaired) electrons. The van der Waals surface area contributed by atoms with Gasteiger partial charge in [-0.15, -0.1) is 0 Å². The third-order valence-corrected chi connectivity index (χ3v) is 2.49. The fourth-order valence-electron chi connectivity index (χ4n) is 1.49. The molecule has 0 aliphatic heterocycles. The number of ether oxygens (including phenoxy) is 2. The van der Waals surface area contributed by atoms with Gasteiger partial charge in [0.25, 0.3) is 5.91 Å². The van der Waals surface area contributed by atoms with E-state index in [2.05, 4.69) is 10.6 Å². The van der Waals surface area contributed by atoms with Crippen molar-refractivity contribution < 1.29 is 19.1 Å². The molecule has 116 valence electrons. The van der Waals surface area contributed by atoms with Gasteiger partial charge in [-0.3, -0.25) is 9.59 Å². The van der Waals surface area contributed by atoms with Crippen LogP contribution in [0.1, 0.15) is 20.3 Å². The molecule has 2 N–H and O–H groups in total. The van der Waals surface area contributed by atoms with E-state index in [9.17, 15) is 9.59 Å². The number of hydrogen-bond donors (Lipinski definition) is 2. The maximum absolute atomic E-state index is 11.5. The molecule has 0 bridgehead atoms. The van der Waals surface area contributed by atoms with Crippen LogP contribution in [0.25, 0.3) is 0 Å². The lowest BCUT2D eigenvalue weighted by Crippen LogP contribution is -2.36. The van der Waals surface area contributed by atoms with Crippen LogP contribution in [0, 0.1) is 0 Å². The highest BCUT2D eigenvalue weighted by atomic mass is 16.5. The standard InChI is InChI=1S/C15H22N2O4/c1-3-10-20-13-4-6-14(7-5-13)21-11-15(19)17-9-8-16-12(2)18/h4-7H,3,8-11H2,1-2H3,(H,16,18)(H,17,19). The molecule has 1 rings (SSSR count). The van der Waals surface area contributed by atoms with Gasteiger partial charge in [0.05, 0.1) is 6.61 Å². The largest absolute Gasteiger partial charge is 0.494 e. The van der Waals surface area contributed by atoms with Crippen molar-refractivity contribution in [1.82, 2.24) is 10.6 Å². The van der Waals surface area contributed by atoms with Crippen LogP contribution in [0.2, 0.25) is 0 Å². The molecule has 0 atom stereocenters. The molecule has 0 aliphatic carbocycles. The molecule has 6 heteroatoms. The predicted molar refractivity (Wildman–Crippen MR) is 79.4 cm³/mol. The quantitative estimate of drug-likeness (QED) is 0.669. The molecule has 1 aromatic carbocycles. The van der Waals surface area contributed by atoms with E-state index in [1.807, 2.05) is 6.92 Å². The van der Waals surface area contributed by atoms with E-state index in [0.29, 0.717) is 25.4 Å². The van der Waals surface area contributed by atoms with Gasteiger partial charge < -0.3 is 20.1 Å². The summed E-state index contributed by atoms with van der Waals surface area (Å²) in [5, 5.41) is 5.23. The van der Waals surface area contributed by atoms with Crippen LogP contribution in [0.15, 0.2) is 24.3 Å². The highest BCUT2D eigenvalue weighted by Gasteiger charge is 2.02. The van der Waals surface area contributed by atoms with Crippen LogP contribution < -0.4 is 20.1 Å². The second-order valence-electron chi connectivity index (χ2n) is 4.44. The third-order valence-electron chi connectivity index (χ3n) is 2.49. The fourth-order valence-corrected chi connectivity index (χ4v) is 1.49. The van der Waals surface area contributed by atoms with Gasteiger partial charge in [0, 0.05) is 20.0 Å². The second kappa shape index (κ2) is 9.63. The minimum atomic E-state index is -0.230. The zero-order valence-electron chi connectivity index (χ0n) is 12.5. The van der Waals surface area contributed by atoms with Gasteiger partial charge in [0.2, 0.25) is 5.91 Å². The molecule has 6 nitrogen and oxygen atoms in total. The van der Waals surface area contributed by atoms with E-state index < -0.39 is 0 Å². The smallest absolute Gasteiger partial charge is 0.258 e. The van der Waals surface area contributed by atoms with Gasteiger partial charge in [0.15, 0.2) is 6.61 Å². The first-order valence-corrected chi connectivity index (χ1v) is 6.98. The van der Waals surface area contributed by atoms with Crippen molar-refractivity contribution in [3.63, 3.8) is 0 Å². The van der Waals surface area contributed by atoms with Gasteiger partial charge in [-0.25, -0.2) is 0 Å². The highest BCUT2D eigenvalue weighted by Crippen LogP contribution is 2.17. The van der Waals surface area contributed by atoms with Crippen molar-refractivity contribution in [1.29, 1.82) is 0 Å². The lowest BCUT2D eigenvalue weighted by atomic mass is 10.3. The van der Waals surface area contributed by atoms with Crippen LogP contribution in [-0.4, -0.2) is 38.1 Å². The summed E-state index contributed by atoms with van der Waals surface area (Å²) in [5.41, 5.74) is 0. The monoisotopic (exact) mass is 294 g/mol. The fraction of sp³-hybridized carbons (Fsp3) is 0.467. The van der Waals surface area contributed by atoms with Gasteiger partial charge >= 0.3 is 0 Å². The Bertz CT molecular complexity index is 445. The molecule has 0 fully saturated rings. The Morgan fingerprint density at radius 3 is 2.14 bits per heavy atom. The molecular weight excluding hydrogens is 272 g/mol. The van der Waals surface area contributed by atoms with E-state index in [-0.39, 0.29) is 18.4 Å². The Morgan fingerprint density at radius 1 is 1.00 bits per heavy atom. The summed E-state index contributed by atoms with van der Waals surface area (Å²) in [5.74, 6) is 1.04. The molecule has 0 saturated heterocycles. The van der Waals surface area contributed by atoms with Crippen molar-refractivity contribution in [2.75, 3.05) is 26.3 Å². The zero-order valence-corrected chi connectivity index (χ0v) is 12.5. The Hall–Kier alpha value is -2.24. The van der Waals surface area contributed by atoms with E-state index in [4.69, 9.17) is 9.47 Å². The number of benzene rings is 1. The van der Waals surface area contributed by atoms with Crippen LogP contribution in [0.4, 0.5) is 0 Å². The Balaban J connectivity index is 2.21. The summed E-state index contributed by atoms with van der Waals surface area (Å²) >= 11 is 0. The molecule has 0 aromatic heterocycles. The number of amides is 2. The van der Waals surface area contributed by atoms with Crippen molar-refractivity contribution in [2.24, 2.45) is 0 Å². The minimum absolute atomic E-state index is 0.0603. The van der Waals surface area contributed by atoms with Crippen LogP contribution in [0.5, 0.6) is 11.5 Å². The molecule has 21 heavy (non-hydrogen) atoms. The van der Waals surface area contributed by atoms with Crippen LogP contribution in [0.3, 0.4) is 0 Å². The lowest BCUT2D eigenvalue weighted by Gasteiger charge is -2.09. The van der Waals surface area contributed by atoms with Gasteiger partial charge in [-0.05, 0) is 30.7 Å². The first kappa shape index (κ1) is 16.8. The average Bonchev–Trinajstić information content (AvgIpc) is 2.48. The SMILES string of the molecule is CCCOc1ccc(OCC(=O)NCCNC(C)=O)cc1. The van der Waals surface area contributed by atoms with Crippen molar-refractivity contribution in [3.05, 3.63) is 24.3 Å². The van der Waals surface area contributed by atoms with Crippen LogP contribution >= 0.6 is 0 Å². The molecule has 0 heterocycles. The van der Waals surface area contributed by atoms with Gasteiger partial charge in [0.1, 0.15) is 11.5 Å². The Morgan fingerprint density at radius 2 is 1.57 bits per heavy atom. The van der Waals surface area contributed by atoms with Gasteiger partial charge in [-0.1, -0.05) is 6.92 Å². The van der Waals surface area contributed by atoms with Crippen molar-refractivity contribution >= 4 is 11.8 Å². The number of hydrogen-bond acceptors (Lipinski definition) is 4. The van der Waals surface area contributed by atoms with Gasteiger partial charge in [-0.2, -0.15) is 0 Å². The topological polar surface area (TPSA) is 76.7 Å². The third kappa shape index (κ3) is 7.81. The number of nitrogens with one attached hydrogen (secondary N) is 2. The Kier molecular flexibility index (Phi) is 7.71. The number of rotatable bonds is 9. The summed E-state index contributed by atoms with van der Waals surface area (Å²) in [6.45, 7) is 4.88. The van der Waals surface area contributed by atoms with Crippen molar-refractivity contribution in [3.8, 4) is 11.5 Å². The molecule has 0 aliphatic rings. The van der Waals surface area contributed by atoms with E-state index >= 15 is 0 Å². The zero-order chi connectivity index (χ0) is 15.5. The van der Waals surface area contributed by atoms with Crippen LogP contribution in [-0.2, 0) is 9.59 Å². The molecule has 0 spiro atoms. The Labute approximate surface area is 124 Å². The molecular formula is C15H22N2O4. The summed E-state index contributed by atoms with van der Waals surface area (Å²) in [6, 6.07) is 7.13. The predicted octanol–water partition coefficient (Wildman–Crippen LogP) is 1.11. The number of carbonyl (C=O) groups is 2. The number of carbonyl (C=O) groups excluding carboxylic acids is 2. The van der Waals surface area contributed by atoms with E-state index in [1.54, 1.807) is 24.3 Å². The average molecular weight is 294 g/mol. The van der Waals surface area contributed by atoms with E-state index in [0.717, 1.165) is 12.2 Å². The molecule has 0 unspecified atom stereocenters. The second-order valence-corrected chi connectivity index (χ2v) is 4.44. The molecule has 0 saturated carbocycles. The summed E-state index contributed by atoms with van der Waals surface area (Å²) in [4.78, 5) is 22.1. The summed E-state index contributed by atoms with van der Waals surface area (Å²) in [7, 11) is 0. The molecule has 2 amide bonds. The highest BCUT2D eigenvalue weighted by molar-refractivity contribution is 5.77. The maximum atomic E-state index is 11.5. The molecule has 1 aromatic rings. The maximum Gasteiger partial charge on any atom is 0.258 e. The van der Waals surface area contributed by atoms with E-state index in [1.165, 1.54) is 6.92 Å². The summed E-state index contributed by atoms with van der Waals surface area (Å²) in [6.07, 6.45) is 0.955. The first-order chi connectivity index (χ1) is 10.1. The first-order valence-electron chi connectivity index (χ1n) is 6.98. The normalized spacial score (nSPS) is 9.81. The lowest BCUT2D eigenvalue weighted by molar-refractivity contribution is -0.123. The summed E-state index contributed by atoms with van der Waals surface area (Å²) < 4.78 is 10.8. The minimum Gasteiger partial charge on any atom is -0.494 e. The van der Waals surface area contributed by atoms with Crippen molar-refractivity contribution in [2.45, 2.75) is 20.3 Å².